The molecule has 84 valence electrons. The average molecular weight is 216 g/mol. The summed E-state index contributed by atoms with van der Waals surface area (Å²) >= 11 is 0. The first-order valence-electron chi connectivity index (χ1n) is 6.02. The number of fused-ring (bicyclic) bond motifs is 2. The molecule has 2 unspecified atom stereocenters. The number of carbonyl (C=O) groups excluding carboxylic acids is 1. The van der Waals surface area contributed by atoms with Gasteiger partial charge in [0.05, 0.1) is 6.42 Å². The zero-order valence-corrected chi connectivity index (χ0v) is 9.53. The maximum atomic E-state index is 11.5. The molecule has 2 heteroatoms. The lowest BCUT2D eigenvalue weighted by Crippen LogP contribution is -2.35. The minimum Gasteiger partial charge on any atom is -0.454 e. The Morgan fingerprint density at radius 2 is 2.19 bits per heavy atom. The third-order valence-electron chi connectivity index (χ3n) is 4.03. The summed E-state index contributed by atoms with van der Waals surface area (Å²) < 4.78 is 5.69. The molecule has 0 N–H and O–H groups in total. The van der Waals surface area contributed by atoms with E-state index in [1.165, 1.54) is 11.1 Å². The molecule has 2 aliphatic rings. The number of rotatable bonds is 0. The smallest absolute Gasteiger partial charge is 0.307 e. The van der Waals surface area contributed by atoms with E-state index in [4.69, 9.17) is 4.74 Å². The minimum atomic E-state index is -0.314. The molecular formula is C14H16O2. The van der Waals surface area contributed by atoms with Crippen molar-refractivity contribution < 1.29 is 9.53 Å². The predicted molar refractivity (Wildman–Crippen MR) is 60.9 cm³/mol. The largest absolute Gasteiger partial charge is 0.454 e. The second kappa shape index (κ2) is 3.34. The lowest BCUT2D eigenvalue weighted by molar-refractivity contribution is -0.151. The number of hydrogen-bond donors (Lipinski definition) is 0. The molecule has 3 rings (SSSR count). The van der Waals surface area contributed by atoms with Crippen LogP contribution in [0.15, 0.2) is 24.3 Å². The molecule has 1 saturated heterocycles. The van der Waals surface area contributed by atoms with Crippen LogP contribution in [0, 0.1) is 5.92 Å². The molecule has 0 bridgehead atoms. The third kappa shape index (κ3) is 1.22. The maximum absolute atomic E-state index is 11.5. The Labute approximate surface area is 95.6 Å². The van der Waals surface area contributed by atoms with E-state index < -0.39 is 0 Å². The fourth-order valence-electron chi connectivity index (χ4n) is 3.21. The predicted octanol–water partition coefficient (Wildman–Crippen LogP) is 2.80. The van der Waals surface area contributed by atoms with Crippen LogP contribution in [0.1, 0.15) is 37.3 Å². The number of ether oxygens (including phenoxy) is 1. The van der Waals surface area contributed by atoms with Crippen LogP contribution in [-0.4, -0.2) is 5.97 Å². The summed E-state index contributed by atoms with van der Waals surface area (Å²) in [5, 5.41) is 0. The zero-order valence-electron chi connectivity index (χ0n) is 9.53. The molecule has 1 spiro atoms. The molecule has 16 heavy (non-hydrogen) atoms. The summed E-state index contributed by atoms with van der Waals surface area (Å²) in [6.07, 6.45) is 3.78. The first-order valence-corrected chi connectivity index (χ1v) is 6.02. The van der Waals surface area contributed by atoms with Gasteiger partial charge in [0, 0.05) is 5.92 Å². The highest BCUT2D eigenvalue weighted by Crippen LogP contribution is 2.48. The van der Waals surface area contributed by atoms with Crippen molar-refractivity contribution in [2.24, 2.45) is 5.92 Å². The van der Waals surface area contributed by atoms with Crippen LogP contribution in [-0.2, 0) is 21.6 Å². The number of benzene rings is 1. The Morgan fingerprint density at radius 3 is 2.94 bits per heavy atom. The molecule has 1 aromatic carbocycles. The molecule has 2 nitrogen and oxygen atoms in total. The highest BCUT2D eigenvalue weighted by Gasteiger charge is 2.49. The first-order chi connectivity index (χ1) is 7.72. The Kier molecular flexibility index (Phi) is 2.06. The van der Waals surface area contributed by atoms with E-state index in [1.807, 2.05) is 6.07 Å². The quantitative estimate of drug-likeness (QED) is 0.623. The van der Waals surface area contributed by atoms with Gasteiger partial charge in [-0.2, -0.15) is 0 Å². The van der Waals surface area contributed by atoms with Crippen LogP contribution in [0.4, 0.5) is 0 Å². The van der Waals surface area contributed by atoms with Crippen LogP contribution in [0.2, 0.25) is 0 Å². The van der Waals surface area contributed by atoms with Crippen LogP contribution >= 0.6 is 0 Å². The number of carbonyl (C=O) groups is 1. The molecule has 0 amide bonds. The second-order valence-corrected chi connectivity index (χ2v) is 4.98. The monoisotopic (exact) mass is 216 g/mol. The molecular weight excluding hydrogens is 200 g/mol. The summed E-state index contributed by atoms with van der Waals surface area (Å²) in [6, 6.07) is 8.41. The van der Waals surface area contributed by atoms with E-state index in [1.54, 1.807) is 0 Å². The molecule has 2 atom stereocenters. The molecule has 1 fully saturated rings. The molecule has 1 aliphatic carbocycles. The van der Waals surface area contributed by atoms with Crippen LogP contribution in [0.5, 0.6) is 0 Å². The number of hydrogen-bond acceptors (Lipinski definition) is 2. The van der Waals surface area contributed by atoms with Gasteiger partial charge in [0.15, 0.2) is 0 Å². The van der Waals surface area contributed by atoms with Gasteiger partial charge < -0.3 is 4.74 Å². The molecule has 0 aromatic heterocycles. The minimum absolute atomic E-state index is 0.0378. The standard InChI is InChI=1S/C14H16O2/c1-10-9-13(15)16-14(10)8-4-6-11-5-2-3-7-12(11)14/h2-3,5,7,10H,4,6,8-9H2,1H3. The van der Waals surface area contributed by atoms with Gasteiger partial charge in [-0.05, 0) is 30.4 Å². The fourth-order valence-corrected chi connectivity index (χ4v) is 3.21. The van der Waals surface area contributed by atoms with Crippen molar-refractivity contribution in [1.29, 1.82) is 0 Å². The fraction of sp³-hybridized carbons (Fsp3) is 0.500. The second-order valence-electron chi connectivity index (χ2n) is 4.98. The van der Waals surface area contributed by atoms with Gasteiger partial charge in [-0.15, -0.1) is 0 Å². The molecule has 1 aromatic rings. The summed E-state index contributed by atoms with van der Waals surface area (Å²) in [5.74, 6) is 0.269. The lowest BCUT2D eigenvalue weighted by Gasteiger charge is -2.37. The molecule has 0 saturated carbocycles. The van der Waals surface area contributed by atoms with Crippen molar-refractivity contribution in [2.45, 2.75) is 38.2 Å². The first kappa shape index (κ1) is 9.88. The summed E-state index contributed by atoms with van der Waals surface area (Å²) in [5.41, 5.74) is 2.29. The summed E-state index contributed by atoms with van der Waals surface area (Å²) in [7, 11) is 0. The highest BCUT2D eigenvalue weighted by molar-refractivity contribution is 5.73. The Bertz CT molecular complexity index is 438. The van der Waals surface area contributed by atoms with Crippen LogP contribution in [0.3, 0.4) is 0 Å². The van der Waals surface area contributed by atoms with Crippen molar-refractivity contribution in [3.8, 4) is 0 Å². The Morgan fingerprint density at radius 1 is 1.38 bits per heavy atom. The Balaban J connectivity index is 2.13. The van der Waals surface area contributed by atoms with E-state index in [9.17, 15) is 4.79 Å². The molecule has 1 heterocycles. The maximum Gasteiger partial charge on any atom is 0.307 e. The SMILES string of the molecule is CC1CC(=O)OC12CCCc1ccccc12. The van der Waals surface area contributed by atoms with Gasteiger partial charge in [0.25, 0.3) is 0 Å². The van der Waals surface area contributed by atoms with Gasteiger partial charge in [0.1, 0.15) is 5.60 Å². The van der Waals surface area contributed by atoms with Gasteiger partial charge >= 0.3 is 5.97 Å². The third-order valence-corrected chi connectivity index (χ3v) is 4.03. The molecule has 0 radical (unpaired) electrons. The van der Waals surface area contributed by atoms with Crippen molar-refractivity contribution in [2.75, 3.05) is 0 Å². The van der Waals surface area contributed by atoms with Gasteiger partial charge in [-0.3, -0.25) is 4.79 Å². The van der Waals surface area contributed by atoms with Crippen LogP contribution < -0.4 is 0 Å². The van der Waals surface area contributed by atoms with Gasteiger partial charge in [-0.1, -0.05) is 31.2 Å². The number of esters is 1. The topological polar surface area (TPSA) is 26.3 Å². The zero-order chi connectivity index (χ0) is 11.2. The number of aryl methyl sites for hydroxylation is 1. The van der Waals surface area contributed by atoms with Gasteiger partial charge in [-0.25, -0.2) is 0 Å². The van der Waals surface area contributed by atoms with E-state index in [-0.39, 0.29) is 11.6 Å². The normalized spacial score (nSPS) is 32.6. The summed E-state index contributed by atoms with van der Waals surface area (Å²) in [6.45, 7) is 2.13. The van der Waals surface area contributed by atoms with Crippen molar-refractivity contribution >= 4 is 5.97 Å². The lowest BCUT2D eigenvalue weighted by atomic mass is 9.73. The van der Waals surface area contributed by atoms with Crippen molar-refractivity contribution in [1.82, 2.24) is 0 Å². The van der Waals surface area contributed by atoms with Crippen molar-refractivity contribution in [3.05, 3.63) is 35.4 Å². The van der Waals surface area contributed by atoms with E-state index in [0.29, 0.717) is 12.3 Å². The Hall–Kier alpha value is -1.31. The van der Waals surface area contributed by atoms with Crippen LogP contribution in [0.25, 0.3) is 0 Å². The highest BCUT2D eigenvalue weighted by atomic mass is 16.6. The van der Waals surface area contributed by atoms with Crippen molar-refractivity contribution in [3.63, 3.8) is 0 Å². The van der Waals surface area contributed by atoms with Gasteiger partial charge in [0.2, 0.25) is 0 Å². The van der Waals surface area contributed by atoms with E-state index >= 15 is 0 Å². The summed E-state index contributed by atoms with van der Waals surface area (Å²) in [4.78, 5) is 11.5. The van der Waals surface area contributed by atoms with E-state index in [2.05, 4.69) is 25.1 Å². The average Bonchev–Trinajstić information content (AvgIpc) is 2.55. The van der Waals surface area contributed by atoms with E-state index in [0.717, 1.165) is 19.3 Å². The molecule has 1 aliphatic heterocycles.